The number of carboxylic acid groups (broad SMARTS) is 1. The van der Waals surface area contributed by atoms with Crippen molar-refractivity contribution in [3.8, 4) is 5.75 Å². The SMILES string of the molecule is C=CC(O)C1CCC1CN1CC(c2ccc(Cl)cc2CCC)COc2ccc(CCC(=O)O)cc21. The average molecular weight is 498 g/mol. The van der Waals surface area contributed by atoms with Crippen LogP contribution in [0.2, 0.25) is 5.02 Å². The van der Waals surface area contributed by atoms with Crippen LogP contribution in [0, 0.1) is 11.8 Å². The molecular formula is C29H36ClNO4. The number of aliphatic carboxylic acids is 1. The maximum atomic E-state index is 11.1. The van der Waals surface area contributed by atoms with Crippen LogP contribution in [0.1, 0.15) is 55.2 Å². The van der Waals surface area contributed by atoms with Crippen molar-refractivity contribution in [3.63, 3.8) is 0 Å². The first-order valence-electron chi connectivity index (χ1n) is 12.7. The average Bonchev–Trinajstić information content (AvgIpc) is 3.00. The van der Waals surface area contributed by atoms with Crippen LogP contribution in [0.4, 0.5) is 5.69 Å². The number of fused-ring (bicyclic) bond motifs is 1. The standard InChI is InChI=1S/C29H36ClNO4/c1-3-5-20-15-23(30)9-11-24(20)22-17-31(16-21-8-10-25(21)27(32)4-2)26-14-19(7-13-29(33)34)6-12-28(26)35-18-22/h4,6,9,11-12,14-15,21-22,25,27,32H,2-3,5,7-8,10,13,16-18H2,1H3,(H,33,34). The molecule has 4 unspecified atom stereocenters. The summed E-state index contributed by atoms with van der Waals surface area (Å²) in [6, 6.07) is 12.2. The van der Waals surface area contributed by atoms with Gasteiger partial charge < -0.3 is 19.8 Å². The number of aliphatic hydroxyl groups excluding tert-OH is 1. The van der Waals surface area contributed by atoms with Gasteiger partial charge >= 0.3 is 5.97 Å². The first-order valence-corrected chi connectivity index (χ1v) is 13.1. The van der Waals surface area contributed by atoms with E-state index in [2.05, 4.69) is 36.6 Å². The highest BCUT2D eigenvalue weighted by molar-refractivity contribution is 6.30. The van der Waals surface area contributed by atoms with E-state index in [0.29, 0.717) is 18.9 Å². The number of hydrogen-bond acceptors (Lipinski definition) is 4. The fraction of sp³-hybridized carbons (Fsp3) is 0.483. The van der Waals surface area contributed by atoms with Crippen molar-refractivity contribution < 1.29 is 19.7 Å². The second-order valence-corrected chi connectivity index (χ2v) is 10.4. The van der Waals surface area contributed by atoms with E-state index in [1.54, 1.807) is 6.08 Å². The van der Waals surface area contributed by atoms with E-state index < -0.39 is 12.1 Å². The molecule has 5 nitrogen and oxygen atoms in total. The van der Waals surface area contributed by atoms with E-state index in [0.717, 1.165) is 60.8 Å². The van der Waals surface area contributed by atoms with Gasteiger partial charge in [-0.2, -0.15) is 0 Å². The highest BCUT2D eigenvalue weighted by Crippen LogP contribution is 2.42. The number of halogens is 1. The predicted molar refractivity (Wildman–Crippen MR) is 141 cm³/mol. The molecule has 4 atom stereocenters. The summed E-state index contributed by atoms with van der Waals surface area (Å²) in [7, 11) is 0. The second kappa shape index (κ2) is 11.5. The number of anilines is 1. The van der Waals surface area contributed by atoms with Crippen molar-refractivity contribution in [2.45, 2.75) is 57.5 Å². The molecule has 6 heteroatoms. The lowest BCUT2D eigenvalue weighted by molar-refractivity contribution is -0.136. The Bertz CT molecular complexity index is 1050. The summed E-state index contributed by atoms with van der Waals surface area (Å²) in [6.45, 7) is 8.15. The fourth-order valence-electron chi connectivity index (χ4n) is 5.49. The lowest BCUT2D eigenvalue weighted by Crippen LogP contribution is -2.43. The maximum absolute atomic E-state index is 11.1. The molecule has 0 aromatic heterocycles. The Kier molecular flexibility index (Phi) is 8.40. The van der Waals surface area contributed by atoms with Gasteiger partial charge in [-0.1, -0.05) is 43.2 Å². The Morgan fingerprint density at radius 1 is 1.26 bits per heavy atom. The van der Waals surface area contributed by atoms with Crippen molar-refractivity contribution in [1.29, 1.82) is 0 Å². The molecule has 1 aliphatic carbocycles. The minimum atomic E-state index is -0.796. The van der Waals surface area contributed by atoms with Gasteiger partial charge in [0.1, 0.15) is 5.75 Å². The predicted octanol–water partition coefficient (Wildman–Crippen LogP) is 5.87. The van der Waals surface area contributed by atoms with Crippen LogP contribution in [0.15, 0.2) is 49.1 Å². The summed E-state index contributed by atoms with van der Waals surface area (Å²) in [5.41, 5.74) is 4.55. The van der Waals surface area contributed by atoms with Crippen molar-refractivity contribution in [3.05, 3.63) is 70.8 Å². The topological polar surface area (TPSA) is 70.0 Å². The minimum Gasteiger partial charge on any atom is -0.491 e. The molecule has 0 bridgehead atoms. The Hall–Kier alpha value is -2.50. The largest absolute Gasteiger partial charge is 0.491 e. The van der Waals surface area contributed by atoms with Crippen LogP contribution in [0.25, 0.3) is 0 Å². The number of nitrogens with zero attached hydrogens (tertiary/aromatic N) is 1. The number of ether oxygens (including phenoxy) is 1. The van der Waals surface area contributed by atoms with Gasteiger partial charge in [-0.25, -0.2) is 0 Å². The summed E-state index contributed by atoms with van der Waals surface area (Å²) in [5, 5.41) is 20.3. The summed E-state index contributed by atoms with van der Waals surface area (Å²) in [5.74, 6) is 0.803. The molecule has 0 radical (unpaired) electrons. The van der Waals surface area contributed by atoms with Crippen LogP contribution in [-0.4, -0.2) is 42.0 Å². The summed E-state index contributed by atoms with van der Waals surface area (Å²) in [4.78, 5) is 13.5. The molecule has 2 aliphatic rings. The third kappa shape index (κ3) is 6.02. The number of carbonyl (C=O) groups is 1. The van der Waals surface area contributed by atoms with Crippen LogP contribution >= 0.6 is 11.6 Å². The molecule has 1 saturated carbocycles. The van der Waals surface area contributed by atoms with Crippen LogP contribution in [-0.2, 0) is 17.6 Å². The van der Waals surface area contributed by atoms with Gasteiger partial charge in [-0.15, -0.1) is 6.58 Å². The Morgan fingerprint density at radius 2 is 2.09 bits per heavy atom. The van der Waals surface area contributed by atoms with Gasteiger partial charge in [-0.05, 0) is 78.5 Å². The fourth-order valence-corrected chi connectivity index (χ4v) is 5.69. The van der Waals surface area contributed by atoms with Crippen molar-refractivity contribution in [2.75, 3.05) is 24.6 Å². The minimum absolute atomic E-state index is 0.101. The summed E-state index contributed by atoms with van der Waals surface area (Å²) >= 11 is 6.33. The Labute approximate surface area is 213 Å². The first-order chi connectivity index (χ1) is 16.9. The van der Waals surface area contributed by atoms with Gasteiger partial charge in [0.15, 0.2) is 0 Å². The number of aliphatic hydroxyl groups is 1. The zero-order valence-electron chi connectivity index (χ0n) is 20.5. The molecule has 1 fully saturated rings. The molecule has 1 heterocycles. The van der Waals surface area contributed by atoms with E-state index >= 15 is 0 Å². The summed E-state index contributed by atoms with van der Waals surface area (Å²) in [6.07, 6.45) is 5.84. The van der Waals surface area contributed by atoms with Gasteiger partial charge in [-0.3, -0.25) is 4.79 Å². The molecule has 4 rings (SSSR count). The smallest absolute Gasteiger partial charge is 0.303 e. The molecule has 2 aromatic carbocycles. The molecular weight excluding hydrogens is 462 g/mol. The molecule has 0 amide bonds. The molecule has 2 aromatic rings. The van der Waals surface area contributed by atoms with Gasteiger partial charge in [0.25, 0.3) is 0 Å². The molecule has 1 aliphatic heterocycles. The molecule has 0 spiro atoms. The lowest BCUT2D eigenvalue weighted by atomic mass is 9.70. The van der Waals surface area contributed by atoms with E-state index in [4.69, 9.17) is 21.4 Å². The number of benzene rings is 2. The zero-order chi connectivity index (χ0) is 24.9. The van der Waals surface area contributed by atoms with E-state index in [1.165, 1.54) is 11.1 Å². The monoisotopic (exact) mass is 497 g/mol. The summed E-state index contributed by atoms with van der Waals surface area (Å²) < 4.78 is 6.36. The third-order valence-electron chi connectivity index (χ3n) is 7.55. The highest BCUT2D eigenvalue weighted by atomic mass is 35.5. The number of carboxylic acids is 1. The quantitative estimate of drug-likeness (QED) is 0.402. The number of hydrogen-bond donors (Lipinski definition) is 2. The lowest BCUT2D eigenvalue weighted by Gasteiger charge is -2.42. The van der Waals surface area contributed by atoms with Crippen LogP contribution in [0.3, 0.4) is 0 Å². The van der Waals surface area contributed by atoms with Crippen molar-refractivity contribution in [2.24, 2.45) is 11.8 Å². The molecule has 0 saturated heterocycles. The maximum Gasteiger partial charge on any atom is 0.303 e. The van der Waals surface area contributed by atoms with Gasteiger partial charge in [0.2, 0.25) is 0 Å². The van der Waals surface area contributed by atoms with Gasteiger partial charge in [0.05, 0.1) is 18.4 Å². The second-order valence-electron chi connectivity index (χ2n) is 9.93. The van der Waals surface area contributed by atoms with Gasteiger partial charge in [0, 0.05) is 30.5 Å². The molecule has 188 valence electrons. The van der Waals surface area contributed by atoms with Crippen LogP contribution < -0.4 is 9.64 Å². The third-order valence-corrected chi connectivity index (χ3v) is 7.78. The Morgan fingerprint density at radius 3 is 2.77 bits per heavy atom. The number of aryl methyl sites for hydroxylation is 2. The normalized spacial score (nSPS) is 22.4. The first kappa shape index (κ1) is 25.6. The van der Waals surface area contributed by atoms with E-state index in [9.17, 15) is 9.90 Å². The zero-order valence-corrected chi connectivity index (χ0v) is 21.2. The number of rotatable bonds is 10. The molecule has 2 N–H and O–H groups in total. The van der Waals surface area contributed by atoms with Crippen molar-refractivity contribution >= 4 is 23.3 Å². The Balaban J connectivity index is 1.65. The van der Waals surface area contributed by atoms with Crippen LogP contribution in [0.5, 0.6) is 5.75 Å². The highest BCUT2D eigenvalue weighted by Gasteiger charge is 2.37. The van der Waals surface area contributed by atoms with E-state index in [-0.39, 0.29) is 18.3 Å². The van der Waals surface area contributed by atoms with E-state index in [1.807, 2.05) is 18.2 Å². The van der Waals surface area contributed by atoms with Crippen molar-refractivity contribution in [1.82, 2.24) is 0 Å². The molecule has 35 heavy (non-hydrogen) atoms.